The molecule has 1 aromatic heterocycles. The summed E-state index contributed by atoms with van der Waals surface area (Å²) in [6.45, 7) is 5.33. The first-order valence-corrected chi connectivity index (χ1v) is 9.16. The lowest BCUT2D eigenvalue weighted by Gasteiger charge is -2.36. The number of ether oxygens (including phenoxy) is 1. The number of aromatic nitrogens is 1. The van der Waals surface area contributed by atoms with Gasteiger partial charge >= 0.3 is 0 Å². The normalized spacial score (nSPS) is 24.2. The second-order valence-corrected chi connectivity index (χ2v) is 7.13. The molecule has 0 aromatic carbocycles. The topological polar surface area (TPSA) is 86.5 Å². The fraction of sp³-hybridized carbons (Fsp3) is 0.625. The summed E-state index contributed by atoms with van der Waals surface area (Å²) in [5.74, 6) is -0.597. The van der Waals surface area contributed by atoms with Crippen LogP contribution in [0.1, 0.15) is 22.6 Å². The van der Waals surface area contributed by atoms with Crippen molar-refractivity contribution in [2.45, 2.75) is 19.4 Å². The van der Waals surface area contributed by atoms with Gasteiger partial charge in [-0.15, -0.1) is 0 Å². The van der Waals surface area contributed by atoms with Crippen LogP contribution in [-0.2, 0) is 9.53 Å². The number of nitrogens with one attached hydrogen (secondary N) is 3. The van der Waals surface area contributed by atoms with Gasteiger partial charge in [-0.05, 0) is 19.9 Å². The van der Waals surface area contributed by atoms with Crippen molar-refractivity contribution in [1.29, 1.82) is 0 Å². The van der Waals surface area contributed by atoms with Crippen LogP contribution in [0.5, 0.6) is 0 Å². The van der Waals surface area contributed by atoms with Crippen molar-refractivity contribution >= 4 is 35.0 Å². The monoisotopic (exact) mass is 388 g/mol. The molecule has 7 nitrogen and oxygen atoms in total. The minimum Gasteiger partial charge on any atom is -0.378 e. The molecule has 2 aliphatic rings. The summed E-state index contributed by atoms with van der Waals surface area (Å²) in [5, 5.41) is 6.75. The van der Waals surface area contributed by atoms with E-state index in [4.69, 9.17) is 27.9 Å². The van der Waals surface area contributed by atoms with Crippen LogP contribution >= 0.6 is 23.2 Å². The zero-order valence-electron chi connectivity index (χ0n) is 14.0. The zero-order valence-corrected chi connectivity index (χ0v) is 15.5. The molecule has 0 spiro atoms. The molecule has 2 atom stereocenters. The Bertz CT molecular complexity index is 658. The SMILES string of the molecule is Cc1[nH]c(C(=O)N[C@@H]2CCNC[C@@H]2C(=O)N2CCOCC2)c(Cl)c1Cl. The van der Waals surface area contributed by atoms with Gasteiger partial charge in [0.05, 0.1) is 29.2 Å². The maximum atomic E-state index is 12.8. The highest BCUT2D eigenvalue weighted by Gasteiger charge is 2.35. The number of hydrogen-bond donors (Lipinski definition) is 3. The molecule has 0 saturated carbocycles. The van der Waals surface area contributed by atoms with Crippen LogP contribution in [0, 0.1) is 12.8 Å². The highest BCUT2D eigenvalue weighted by atomic mass is 35.5. The number of H-pyrrole nitrogens is 1. The van der Waals surface area contributed by atoms with Crippen LogP contribution in [-0.4, -0.2) is 67.1 Å². The van der Waals surface area contributed by atoms with E-state index in [1.54, 1.807) is 6.92 Å². The number of morpholine rings is 1. The van der Waals surface area contributed by atoms with Crippen molar-refractivity contribution in [3.05, 3.63) is 21.4 Å². The molecule has 0 radical (unpaired) electrons. The molecule has 25 heavy (non-hydrogen) atoms. The fourth-order valence-corrected chi connectivity index (χ4v) is 3.69. The van der Waals surface area contributed by atoms with E-state index in [2.05, 4.69) is 15.6 Å². The molecule has 2 fully saturated rings. The molecule has 0 aliphatic carbocycles. The number of carbonyl (C=O) groups is 2. The summed E-state index contributed by atoms with van der Waals surface area (Å²) < 4.78 is 5.30. The van der Waals surface area contributed by atoms with E-state index in [0.29, 0.717) is 50.0 Å². The smallest absolute Gasteiger partial charge is 0.269 e. The van der Waals surface area contributed by atoms with Crippen molar-refractivity contribution in [2.24, 2.45) is 5.92 Å². The minimum atomic E-state index is -0.341. The highest BCUT2D eigenvalue weighted by molar-refractivity contribution is 6.44. The largest absolute Gasteiger partial charge is 0.378 e. The minimum absolute atomic E-state index is 0.0487. The zero-order chi connectivity index (χ0) is 18.0. The van der Waals surface area contributed by atoms with Crippen LogP contribution in [0.4, 0.5) is 0 Å². The molecule has 3 rings (SSSR count). The number of amides is 2. The third kappa shape index (κ3) is 3.95. The van der Waals surface area contributed by atoms with Gasteiger partial charge in [0, 0.05) is 31.4 Å². The average molecular weight is 389 g/mol. The lowest BCUT2D eigenvalue weighted by Crippen LogP contribution is -2.56. The number of rotatable bonds is 3. The van der Waals surface area contributed by atoms with E-state index in [-0.39, 0.29) is 34.5 Å². The Balaban J connectivity index is 1.71. The Morgan fingerprint density at radius 1 is 1.24 bits per heavy atom. The molecule has 3 heterocycles. The molecule has 0 unspecified atom stereocenters. The Kier molecular flexibility index (Phi) is 5.89. The Hall–Kier alpha value is -1.28. The first-order chi connectivity index (χ1) is 12.0. The maximum absolute atomic E-state index is 12.8. The van der Waals surface area contributed by atoms with E-state index >= 15 is 0 Å². The summed E-state index contributed by atoms with van der Waals surface area (Å²) in [4.78, 5) is 30.1. The summed E-state index contributed by atoms with van der Waals surface area (Å²) in [6, 6.07) is -0.248. The second kappa shape index (κ2) is 7.95. The van der Waals surface area contributed by atoms with E-state index in [0.717, 1.165) is 6.54 Å². The third-order valence-electron chi connectivity index (χ3n) is 4.72. The number of aromatic amines is 1. The Morgan fingerprint density at radius 3 is 2.60 bits per heavy atom. The molecule has 0 bridgehead atoms. The van der Waals surface area contributed by atoms with E-state index in [9.17, 15) is 9.59 Å². The van der Waals surface area contributed by atoms with Crippen molar-refractivity contribution in [3.63, 3.8) is 0 Å². The predicted molar refractivity (Wildman–Crippen MR) is 95.2 cm³/mol. The van der Waals surface area contributed by atoms with Gasteiger partial charge < -0.3 is 25.3 Å². The number of hydrogen-bond acceptors (Lipinski definition) is 4. The number of piperidine rings is 1. The fourth-order valence-electron chi connectivity index (χ4n) is 3.28. The summed E-state index contributed by atoms with van der Waals surface area (Å²) in [6.07, 6.45) is 0.678. The quantitative estimate of drug-likeness (QED) is 0.725. The van der Waals surface area contributed by atoms with Gasteiger partial charge in [-0.3, -0.25) is 9.59 Å². The van der Waals surface area contributed by atoms with Crippen molar-refractivity contribution < 1.29 is 14.3 Å². The summed E-state index contributed by atoms with van der Waals surface area (Å²) in [7, 11) is 0. The van der Waals surface area contributed by atoms with Crippen LogP contribution < -0.4 is 10.6 Å². The highest BCUT2D eigenvalue weighted by Crippen LogP contribution is 2.29. The van der Waals surface area contributed by atoms with Gasteiger partial charge in [0.1, 0.15) is 5.69 Å². The first kappa shape index (κ1) is 18.5. The van der Waals surface area contributed by atoms with Crippen molar-refractivity contribution in [3.8, 4) is 0 Å². The molecular weight excluding hydrogens is 367 g/mol. The predicted octanol–water partition coefficient (Wildman–Crippen LogP) is 1.20. The molecule has 2 amide bonds. The van der Waals surface area contributed by atoms with E-state index in [1.165, 1.54) is 0 Å². The third-order valence-corrected chi connectivity index (χ3v) is 5.67. The van der Waals surface area contributed by atoms with Crippen LogP contribution in [0.3, 0.4) is 0 Å². The Morgan fingerprint density at radius 2 is 1.96 bits per heavy atom. The molecule has 2 saturated heterocycles. The van der Waals surface area contributed by atoms with Crippen LogP contribution in [0.15, 0.2) is 0 Å². The lowest BCUT2D eigenvalue weighted by atomic mass is 9.91. The molecule has 9 heteroatoms. The van der Waals surface area contributed by atoms with Crippen molar-refractivity contribution in [2.75, 3.05) is 39.4 Å². The number of carbonyl (C=O) groups excluding carboxylic acids is 2. The van der Waals surface area contributed by atoms with Gasteiger partial charge in [0.25, 0.3) is 5.91 Å². The molecule has 1 aromatic rings. The van der Waals surface area contributed by atoms with Gasteiger partial charge in [-0.1, -0.05) is 23.2 Å². The van der Waals surface area contributed by atoms with Crippen LogP contribution in [0.25, 0.3) is 0 Å². The van der Waals surface area contributed by atoms with E-state index < -0.39 is 0 Å². The van der Waals surface area contributed by atoms with Crippen LogP contribution in [0.2, 0.25) is 10.0 Å². The van der Waals surface area contributed by atoms with Gasteiger partial charge in [0.2, 0.25) is 5.91 Å². The first-order valence-electron chi connectivity index (χ1n) is 8.40. The van der Waals surface area contributed by atoms with Gasteiger partial charge in [-0.25, -0.2) is 0 Å². The number of halogens is 2. The Labute approximate surface area is 156 Å². The molecular formula is C16H22Cl2N4O3. The standard InChI is InChI=1S/C16H22Cl2N4O3/c1-9-12(17)13(18)14(20-9)15(23)21-11-2-3-19-8-10(11)16(24)22-4-6-25-7-5-22/h10-11,19-20H,2-8H2,1H3,(H,21,23)/t10-,11+/m0/s1. The maximum Gasteiger partial charge on any atom is 0.269 e. The number of aryl methyl sites for hydroxylation is 1. The number of nitrogens with zero attached hydrogens (tertiary/aromatic N) is 1. The second-order valence-electron chi connectivity index (χ2n) is 6.37. The van der Waals surface area contributed by atoms with Gasteiger partial charge in [0.15, 0.2) is 0 Å². The summed E-state index contributed by atoms with van der Waals surface area (Å²) in [5.41, 5.74) is 0.878. The average Bonchev–Trinajstić information content (AvgIpc) is 2.90. The molecule has 138 valence electrons. The van der Waals surface area contributed by atoms with Gasteiger partial charge in [-0.2, -0.15) is 0 Å². The van der Waals surface area contributed by atoms with Crippen molar-refractivity contribution in [1.82, 2.24) is 20.5 Å². The summed E-state index contributed by atoms with van der Waals surface area (Å²) >= 11 is 12.2. The van der Waals surface area contributed by atoms with E-state index in [1.807, 2.05) is 4.90 Å². The lowest BCUT2D eigenvalue weighted by molar-refractivity contribution is -0.140. The molecule has 2 aliphatic heterocycles. The molecule has 3 N–H and O–H groups in total.